The lowest BCUT2D eigenvalue weighted by atomic mass is 10.2. The lowest BCUT2D eigenvalue weighted by Crippen LogP contribution is -2.36. The van der Waals surface area contributed by atoms with Gasteiger partial charge in [0.2, 0.25) is 0 Å². The van der Waals surface area contributed by atoms with Gasteiger partial charge in [0.15, 0.2) is 0 Å². The fourth-order valence-corrected chi connectivity index (χ4v) is 2.84. The van der Waals surface area contributed by atoms with Crippen LogP contribution in [0.5, 0.6) is 0 Å². The van der Waals surface area contributed by atoms with E-state index in [-0.39, 0.29) is 12.5 Å². The molecule has 0 aliphatic carbocycles. The van der Waals surface area contributed by atoms with E-state index in [0.29, 0.717) is 18.7 Å². The van der Waals surface area contributed by atoms with Crippen LogP contribution < -0.4 is 0 Å². The lowest BCUT2D eigenvalue weighted by Gasteiger charge is -2.20. The highest BCUT2D eigenvalue weighted by atomic mass is 79.9. The second kappa shape index (κ2) is 7.65. The van der Waals surface area contributed by atoms with Gasteiger partial charge in [0.1, 0.15) is 6.54 Å². The van der Waals surface area contributed by atoms with Crippen molar-refractivity contribution < 1.29 is 14.3 Å². The van der Waals surface area contributed by atoms with Crippen molar-refractivity contribution in [1.29, 1.82) is 0 Å². The molecule has 104 valence electrons. The van der Waals surface area contributed by atoms with E-state index in [9.17, 15) is 9.59 Å². The third-order valence-electron chi connectivity index (χ3n) is 2.40. The van der Waals surface area contributed by atoms with E-state index in [1.807, 2.05) is 13.0 Å². The van der Waals surface area contributed by atoms with Crippen molar-refractivity contribution in [2.24, 2.45) is 0 Å². The first kappa shape index (κ1) is 16.2. The Bertz CT molecular complexity index is 457. The largest absolute Gasteiger partial charge is 0.465 e. The third-order valence-corrected chi connectivity index (χ3v) is 3.32. The van der Waals surface area contributed by atoms with Gasteiger partial charge in [-0.2, -0.15) is 0 Å². The summed E-state index contributed by atoms with van der Waals surface area (Å²) in [6.45, 7) is 4.29. The van der Waals surface area contributed by atoms with Gasteiger partial charge in [-0.15, -0.1) is 0 Å². The van der Waals surface area contributed by atoms with E-state index < -0.39 is 5.97 Å². The SMILES string of the molecule is CCOC(=O)CN(CC)C(=O)c1cc(Br)cc(Br)c1. The van der Waals surface area contributed by atoms with Crippen molar-refractivity contribution in [2.75, 3.05) is 19.7 Å². The van der Waals surface area contributed by atoms with Crippen LogP contribution in [0.4, 0.5) is 0 Å². The van der Waals surface area contributed by atoms with Gasteiger partial charge in [0, 0.05) is 21.1 Å². The first-order valence-electron chi connectivity index (χ1n) is 5.88. The minimum atomic E-state index is -0.397. The van der Waals surface area contributed by atoms with Crippen molar-refractivity contribution in [3.8, 4) is 0 Å². The van der Waals surface area contributed by atoms with Crippen LogP contribution in [-0.2, 0) is 9.53 Å². The Morgan fingerprint density at radius 3 is 2.21 bits per heavy atom. The Labute approximate surface area is 129 Å². The zero-order valence-corrected chi connectivity index (χ0v) is 14.0. The van der Waals surface area contributed by atoms with Gasteiger partial charge in [-0.05, 0) is 32.0 Å². The average molecular weight is 393 g/mol. The van der Waals surface area contributed by atoms with Gasteiger partial charge < -0.3 is 9.64 Å². The summed E-state index contributed by atoms with van der Waals surface area (Å²) in [6, 6.07) is 5.29. The number of nitrogens with zero attached hydrogens (tertiary/aromatic N) is 1. The Kier molecular flexibility index (Phi) is 6.51. The quantitative estimate of drug-likeness (QED) is 0.722. The average Bonchev–Trinajstić information content (AvgIpc) is 2.34. The standard InChI is InChI=1S/C13H15Br2NO3/c1-3-16(8-12(17)19-4-2)13(18)9-5-10(14)7-11(15)6-9/h5-7H,3-4,8H2,1-2H3. The zero-order valence-electron chi connectivity index (χ0n) is 10.8. The maximum atomic E-state index is 12.3. The normalized spacial score (nSPS) is 10.1. The van der Waals surface area contributed by atoms with Crippen LogP contribution in [0.15, 0.2) is 27.1 Å². The fraction of sp³-hybridized carbons (Fsp3) is 0.385. The summed E-state index contributed by atoms with van der Waals surface area (Å²) < 4.78 is 6.46. The van der Waals surface area contributed by atoms with E-state index in [0.717, 1.165) is 8.95 Å². The summed E-state index contributed by atoms with van der Waals surface area (Å²) in [7, 11) is 0. The molecule has 1 aromatic carbocycles. The number of hydrogen-bond donors (Lipinski definition) is 0. The van der Waals surface area contributed by atoms with Crippen molar-refractivity contribution in [2.45, 2.75) is 13.8 Å². The molecule has 1 rings (SSSR count). The van der Waals surface area contributed by atoms with Crippen LogP contribution in [0.3, 0.4) is 0 Å². The number of halogens is 2. The van der Waals surface area contributed by atoms with Crippen LogP contribution in [-0.4, -0.2) is 36.5 Å². The number of esters is 1. The minimum absolute atomic E-state index is 0.0344. The number of carbonyl (C=O) groups excluding carboxylic acids is 2. The monoisotopic (exact) mass is 391 g/mol. The minimum Gasteiger partial charge on any atom is -0.465 e. The molecule has 0 fully saturated rings. The van der Waals surface area contributed by atoms with Gasteiger partial charge in [0.25, 0.3) is 5.91 Å². The molecule has 1 aromatic rings. The molecule has 0 saturated heterocycles. The molecule has 6 heteroatoms. The highest BCUT2D eigenvalue weighted by molar-refractivity contribution is 9.11. The maximum absolute atomic E-state index is 12.3. The molecule has 0 aliphatic rings. The molecule has 0 N–H and O–H groups in total. The van der Waals surface area contributed by atoms with E-state index >= 15 is 0 Å². The Hall–Kier alpha value is -0.880. The molecular weight excluding hydrogens is 378 g/mol. The molecule has 0 atom stereocenters. The zero-order chi connectivity index (χ0) is 14.4. The molecule has 0 aliphatic heterocycles. The summed E-state index contributed by atoms with van der Waals surface area (Å²) in [6.07, 6.45) is 0. The number of amides is 1. The van der Waals surface area contributed by atoms with Crippen molar-refractivity contribution in [3.05, 3.63) is 32.7 Å². The number of benzene rings is 1. The number of carbonyl (C=O) groups is 2. The molecule has 0 spiro atoms. The Balaban J connectivity index is 2.86. The molecule has 0 saturated carbocycles. The van der Waals surface area contributed by atoms with Crippen molar-refractivity contribution in [3.63, 3.8) is 0 Å². The van der Waals surface area contributed by atoms with Crippen LogP contribution in [0.1, 0.15) is 24.2 Å². The van der Waals surface area contributed by atoms with Crippen LogP contribution >= 0.6 is 31.9 Å². The molecule has 0 heterocycles. The van der Waals surface area contributed by atoms with Gasteiger partial charge in [0.05, 0.1) is 6.61 Å². The Morgan fingerprint density at radius 1 is 1.16 bits per heavy atom. The van der Waals surface area contributed by atoms with Gasteiger partial charge in [-0.1, -0.05) is 31.9 Å². The first-order valence-corrected chi connectivity index (χ1v) is 7.47. The molecule has 0 radical (unpaired) electrons. The van der Waals surface area contributed by atoms with Crippen molar-refractivity contribution >= 4 is 43.7 Å². The molecule has 19 heavy (non-hydrogen) atoms. The predicted octanol–water partition coefficient (Wildman–Crippen LogP) is 3.24. The third kappa shape index (κ3) is 4.95. The van der Waals surface area contributed by atoms with Gasteiger partial charge in [-0.25, -0.2) is 0 Å². The molecule has 0 bridgehead atoms. The number of likely N-dealkylation sites (N-methyl/N-ethyl adjacent to an activating group) is 1. The summed E-state index contributed by atoms with van der Waals surface area (Å²) in [4.78, 5) is 25.2. The second-order valence-electron chi connectivity index (χ2n) is 3.78. The number of ether oxygens (including phenoxy) is 1. The van der Waals surface area contributed by atoms with Crippen molar-refractivity contribution in [1.82, 2.24) is 4.90 Å². The summed E-state index contributed by atoms with van der Waals surface area (Å²) in [5, 5.41) is 0. The van der Waals surface area contributed by atoms with Crippen LogP contribution in [0, 0.1) is 0 Å². The highest BCUT2D eigenvalue weighted by Gasteiger charge is 2.18. The van der Waals surface area contributed by atoms with E-state index in [4.69, 9.17) is 4.74 Å². The van der Waals surface area contributed by atoms with Crippen LogP contribution in [0.2, 0.25) is 0 Å². The second-order valence-corrected chi connectivity index (χ2v) is 5.61. The smallest absolute Gasteiger partial charge is 0.325 e. The van der Waals surface area contributed by atoms with Gasteiger partial charge >= 0.3 is 5.97 Å². The predicted molar refractivity (Wildman–Crippen MR) is 80.1 cm³/mol. The molecule has 1 amide bonds. The van der Waals surface area contributed by atoms with Crippen LogP contribution in [0.25, 0.3) is 0 Å². The summed E-state index contributed by atoms with van der Waals surface area (Å²) in [5.41, 5.74) is 0.521. The molecule has 0 unspecified atom stereocenters. The highest BCUT2D eigenvalue weighted by Crippen LogP contribution is 2.21. The lowest BCUT2D eigenvalue weighted by molar-refractivity contribution is -0.143. The number of rotatable bonds is 5. The fourth-order valence-electron chi connectivity index (χ4n) is 1.55. The summed E-state index contributed by atoms with van der Waals surface area (Å²) in [5.74, 6) is -0.593. The summed E-state index contributed by atoms with van der Waals surface area (Å²) >= 11 is 6.67. The maximum Gasteiger partial charge on any atom is 0.325 e. The van der Waals surface area contributed by atoms with Gasteiger partial charge in [-0.3, -0.25) is 9.59 Å². The topological polar surface area (TPSA) is 46.6 Å². The van der Waals surface area contributed by atoms with E-state index in [1.165, 1.54) is 4.90 Å². The molecule has 4 nitrogen and oxygen atoms in total. The van der Waals surface area contributed by atoms with E-state index in [2.05, 4.69) is 31.9 Å². The van der Waals surface area contributed by atoms with E-state index in [1.54, 1.807) is 19.1 Å². The molecular formula is C13H15Br2NO3. The Morgan fingerprint density at radius 2 is 1.74 bits per heavy atom. The number of hydrogen-bond acceptors (Lipinski definition) is 3. The molecule has 0 aromatic heterocycles. The first-order chi connectivity index (χ1) is 8.97.